The maximum Gasteiger partial charge on any atom is 0.408 e. The quantitative estimate of drug-likeness (QED) is 0.239. The lowest BCUT2D eigenvalue weighted by Crippen LogP contribution is -2.57. The van der Waals surface area contributed by atoms with E-state index in [1.165, 1.54) is 0 Å². The Morgan fingerprint density at radius 1 is 0.714 bits per heavy atom. The molecule has 0 unspecified atom stereocenters. The Morgan fingerprint density at radius 2 is 1.16 bits per heavy atom. The van der Waals surface area contributed by atoms with E-state index in [1.807, 2.05) is 99.6 Å². The predicted octanol–water partition coefficient (Wildman–Crippen LogP) is 2.22. The smallest absolute Gasteiger partial charge is 0.408 e. The van der Waals surface area contributed by atoms with Gasteiger partial charge in [0.25, 0.3) is 0 Å². The lowest BCUT2D eigenvalue weighted by Gasteiger charge is -2.36. The lowest BCUT2D eigenvalue weighted by molar-refractivity contribution is -0.138. The van der Waals surface area contributed by atoms with E-state index in [0.717, 1.165) is 5.56 Å². The number of carbonyl (C=O) groups excluding carboxylic acids is 5. The molecule has 5 rings (SSSR count). The van der Waals surface area contributed by atoms with Crippen LogP contribution in [-0.2, 0) is 20.9 Å². The zero-order valence-electron chi connectivity index (χ0n) is 34.8. The molecule has 0 radical (unpaired) electrons. The van der Waals surface area contributed by atoms with Crippen molar-refractivity contribution in [1.82, 2.24) is 35.6 Å². The van der Waals surface area contributed by atoms with Gasteiger partial charge in [-0.25, -0.2) is 14.4 Å². The largest absolute Gasteiger partial charge is 0.445 e. The number of hydrogen-bond acceptors (Lipinski definition) is 9. The summed E-state index contributed by atoms with van der Waals surface area (Å²) in [6, 6.07) is 6.20. The van der Waals surface area contributed by atoms with Gasteiger partial charge in [-0.15, -0.1) is 0 Å². The van der Waals surface area contributed by atoms with Gasteiger partial charge in [0.2, 0.25) is 11.8 Å². The number of alkyl carbamates (subject to hydrolysis) is 1. The number of nitrogens with one attached hydrogen (secondary N) is 3. The first-order valence-corrected chi connectivity index (χ1v) is 19.9. The molecule has 0 aromatic heterocycles. The fourth-order valence-electron chi connectivity index (χ4n) is 7.98. The minimum absolute atomic E-state index is 0.0239. The van der Waals surface area contributed by atoms with Crippen LogP contribution in [0, 0.1) is 10.8 Å². The molecule has 1 aromatic rings. The number of likely N-dealkylation sites (tertiary alicyclic amines) is 4. The molecule has 0 saturated carbocycles. The summed E-state index contributed by atoms with van der Waals surface area (Å²) < 4.78 is 5.33. The molecular weight excluding hydrogens is 720 g/mol. The van der Waals surface area contributed by atoms with Crippen molar-refractivity contribution in [3.8, 4) is 0 Å². The first kappa shape index (κ1) is 44.6. The summed E-state index contributed by atoms with van der Waals surface area (Å²) in [6.07, 6.45) is -0.987. The Bertz CT molecular complexity index is 1550. The molecule has 0 spiro atoms. The number of aliphatic hydroxyl groups is 2. The van der Waals surface area contributed by atoms with Crippen molar-refractivity contribution >= 4 is 30.0 Å². The number of nitrogens with zero attached hydrogens (tertiary/aromatic N) is 4. The number of aliphatic hydroxyl groups excluding tert-OH is 2. The van der Waals surface area contributed by atoms with Gasteiger partial charge in [0.05, 0.1) is 55.5 Å². The van der Waals surface area contributed by atoms with E-state index in [0.29, 0.717) is 25.9 Å². The number of rotatable bonds is 7. The fourth-order valence-corrected chi connectivity index (χ4v) is 7.98. The third-order valence-electron chi connectivity index (χ3n) is 10.9. The Labute approximate surface area is 331 Å². The second-order valence-electron chi connectivity index (χ2n) is 18.3. The van der Waals surface area contributed by atoms with E-state index in [4.69, 9.17) is 10.5 Å². The second kappa shape index (κ2) is 18.0. The van der Waals surface area contributed by atoms with Gasteiger partial charge in [-0.1, -0.05) is 71.9 Å². The van der Waals surface area contributed by atoms with Crippen molar-refractivity contribution < 1.29 is 38.9 Å². The van der Waals surface area contributed by atoms with E-state index in [-0.39, 0.29) is 79.2 Å². The van der Waals surface area contributed by atoms with Crippen molar-refractivity contribution in [3.05, 3.63) is 35.9 Å². The third-order valence-corrected chi connectivity index (χ3v) is 10.9. The van der Waals surface area contributed by atoms with Crippen LogP contribution in [-0.4, -0.2) is 147 Å². The molecule has 314 valence electrons. The summed E-state index contributed by atoms with van der Waals surface area (Å²) in [5.41, 5.74) is 6.02. The number of hydrogen-bond donors (Lipinski definition) is 6. The predicted molar refractivity (Wildman–Crippen MR) is 211 cm³/mol. The molecule has 16 nitrogen and oxygen atoms in total. The van der Waals surface area contributed by atoms with Crippen LogP contribution >= 0.6 is 0 Å². The highest BCUT2D eigenvalue weighted by molar-refractivity contribution is 5.87. The Balaban J connectivity index is 0.000000265. The first-order valence-electron chi connectivity index (χ1n) is 19.9. The summed E-state index contributed by atoms with van der Waals surface area (Å²) >= 11 is 0. The van der Waals surface area contributed by atoms with Gasteiger partial charge >= 0.3 is 18.2 Å². The number of benzene rings is 1. The molecule has 56 heavy (non-hydrogen) atoms. The normalized spacial score (nSPS) is 25.6. The molecule has 4 aliphatic rings. The average Bonchev–Trinajstić information content (AvgIpc) is 3.88. The molecule has 16 heteroatoms. The van der Waals surface area contributed by atoms with Crippen LogP contribution in [0.1, 0.15) is 87.6 Å². The van der Waals surface area contributed by atoms with Gasteiger partial charge in [0.15, 0.2) is 0 Å². The van der Waals surface area contributed by atoms with Crippen LogP contribution in [0.25, 0.3) is 0 Å². The Hall–Kier alpha value is -4.15. The molecule has 1 aromatic carbocycles. The van der Waals surface area contributed by atoms with Crippen LogP contribution in [0.3, 0.4) is 0 Å². The lowest BCUT2D eigenvalue weighted by atomic mass is 9.85. The van der Waals surface area contributed by atoms with Crippen molar-refractivity contribution in [2.45, 2.75) is 149 Å². The molecule has 4 heterocycles. The van der Waals surface area contributed by atoms with E-state index in [9.17, 15) is 34.2 Å². The Kier molecular flexibility index (Phi) is 14.3. The van der Waals surface area contributed by atoms with Crippen LogP contribution in [0.5, 0.6) is 0 Å². The van der Waals surface area contributed by atoms with E-state index in [2.05, 4.69) is 16.0 Å². The summed E-state index contributed by atoms with van der Waals surface area (Å²) in [7, 11) is 0. The third kappa shape index (κ3) is 10.4. The average molecular weight is 787 g/mol. The van der Waals surface area contributed by atoms with Gasteiger partial charge < -0.3 is 56.2 Å². The monoisotopic (exact) mass is 787 g/mol. The molecule has 0 aliphatic carbocycles. The summed E-state index contributed by atoms with van der Waals surface area (Å²) in [4.78, 5) is 70.2. The SMILES string of the molecule is CC(C)NC(=O)N1C[C@H](O)[C@@H]2[C@H]1CCN2C(=O)[C@@H](N)C(C)(C)C.CC(C)NC(=O)N1C[C@H](O)[C@@H]2[C@H]1CCN2C(=O)[C@@H](NC(=O)OCc1ccccc1)C(C)(C)C. The highest BCUT2D eigenvalue weighted by atomic mass is 16.5. The number of nitrogens with two attached hydrogens (primary N) is 1. The zero-order chi connectivity index (χ0) is 41.9. The molecule has 0 bridgehead atoms. The van der Waals surface area contributed by atoms with Gasteiger partial charge in [-0.2, -0.15) is 0 Å². The zero-order valence-corrected chi connectivity index (χ0v) is 34.8. The minimum Gasteiger partial charge on any atom is -0.445 e. The van der Waals surface area contributed by atoms with Crippen LogP contribution < -0.4 is 21.7 Å². The van der Waals surface area contributed by atoms with Crippen molar-refractivity contribution in [2.24, 2.45) is 16.6 Å². The fraction of sp³-hybridized carbons (Fsp3) is 0.725. The molecule has 4 fully saturated rings. The van der Waals surface area contributed by atoms with Crippen LogP contribution in [0.4, 0.5) is 14.4 Å². The molecule has 7 N–H and O–H groups in total. The molecule has 4 aliphatic heterocycles. The van der Waals surface area contributed by atoms with Crippen LogP contribution in [0.15, 0.2) is 30.3 Å². The number of amides is 7. The maximum atomic E-state index is 13.6. The van der Waals surface area contributed by atoms with E-state index >= 15 is 0 Å². The molecule has 4 saturated heterocycles. The number of carbonyl (C=O) groups is 5. The minimum atomic E-state index is -0.843. The van der Waals surface area contributed by atoms with Gasteiger partial charge in [-0.3, -0.25) is 9.59 Å². The number of ether oxygens (including phenoxy) is 1. The first-order chi connectivity index (χ1) is 26.0. The molecule has 7 amide bonds. The topological polar surface area (TPSA) is 210 Å². The van der Waals surface area contributed by atoms with Gasteiger partial charge in [-0.05, 0) is 56.9 Å². The standard InChI is InChI=1S/C24H36N4O5.C16H30N4O3/c1-15(2)25-22(31)28-13-18(29)19-17(28)11-12-27(19)21(30)20(24(3,4)5)26-23(32)33-14-16-9-7-6-8-10-16;1-9(2)18-15(23)20-8-11(21)12-10(20)6-7-19(12)14(22)13(17)16(3,4)5/h6-10,15,17-20,29H,11-14H2,1-5H3,(H,25,31)(H,26,32);9-13,21H,6-8,17H2,1-5H3,(H,18,23)/t17-,18+,19+,20-;10-,11+,12+,13-/m11/s1. The van der Waals surface area contributed by atoms with Crippen molar-refractivity contribution in [3.63, 3.8) is 0 Å². The van der Waals surface area contributed by atoms with E-state index in [1.54, 1.807) is 19.6 Å². The Morgan fingerprint density at radius 3 is 1.57 bits per heavy atom. The highest BCUT2D eigenvalue weighted by Gasteiger charge is 2.54. The summed E-state index contributed by atoms with van der Waals surface area (Å²) in [6.45, 7) is 20.4. The molecular formula is C40H66N8O8. The van der Waals surface area contributed by atoms with E-state index < -0.39 is 41.8 Å². The number of β-amino-alcohol motifs (C(OH)–C–C–N with tert-alkyl or cyclic N) is 2. The van der Waals surface area contributed by atoms with Crippen LogP contribution in [0.2, 0.25) is 0 Å². The highest BCUT2D eigenvalue weighted by Crippen LogP contribution is 2.35. The number of urea groups is 2. The second-order valence-corrected chi connectivity index (χ2v) is 18.3. The number of fused-ring (bicyclic) bond motifs is 2. The van der Waals surface area contributed by atoms with Gasteiger partial charge in [0.1, 0.15) is 12.6 Å². The van der Waals surface area contributed by atoms with Gasteiger partial charge in [0, 0.05) is 25.2 Å². The van der Waals surface area contributed by atoms with Crippen molar-refractivity contribution in [2.75, 3.05) is 26.2 Å². The van der Waals surface area contributed by atoms with Crippen molar-refractivity contribution in [1.29, 1.82) is 0 Å². The molecule has 8 atom stereocenters. The maximum absolute atomic E-state index is 13.6. The summed E-state index contributed by atoms with van der Waals surface area (Å²) in [5, 5.41) is 29.6. The summed E-state index contributed by atoms with van der Waals surface area (Å²) in [5.74, 6) is -0.424.